The smallest absolute Gasteiger partial charge is 0.245 e. The molecular formula is C9H15N3O2. The zero-order chi connectivity index (χ0) is 10.2. The molecule has 2 N–H and O–H groups in total. The number of carbonyl (C=O) groups is 2. The predicted molar refractivity (Wildman–Crippen MR) is 50.6 cm³/mol. The highest BCUT2D eigenvalue weighted by molar-refractivity contribution is 5.96. The monoisotopic (exact) mass is 197 g/mol. The number of β-lactam (4-membered cyclic amide) rings is 1. The number of nitrogens with zero attached hydrogens (tertiary/aromatic N) is 1. The second-order valence-corrected chi connectivity index (χ2v) is 3.95. The van der Waals surface area contributed by atoms with Crippen molar-refractivity contribution in [3.63, 3.8) is 0 Å². The fourth-order valence-corrected chi connectivity index (χ4v) is 2.18. The molecule has 1 atom stereocenters. The van der Waals surface area contributed by atoms with Crippen molar-refractivity contribution >= 4 is 11.8 Å². The molecule has 2 aliphatic rings. The van der Waals surface area contributed by atoms with Crippen molar-refractivity contribution < 1.29 is 9.59 Å². The van der Waals surface area contributed by atoms with Crippen LogP contribution in [0.5, 0.6) is 0 Å². The van der Waals surface area contributed by atoms with Gasteiger partial charge in [0.05, 0.1) is 6.54 Å². The van der Waals surface area contributed by atoms with Crippen LogP contribution in [0.4, 0.5) is 0 Å². The maximum absolute atomic E-state index is 11.7. The SMILES string of the molecule is CNC(=O)CN1CC2(CCCN2)C1=O. The summed E-state index contributed by atoms with van der Waals surface area (Å²) in [5.41, 5.74) is -0.311. The lowest BCUT2D eigenvalue weighted by molar-refractivity contribution is -0.154. The van der Waals surface area contributed by atoms with Crippen molar-refractivity contribution in [3.05, 3.63) is 0 Å². The van der Waals surface area contributed by atoms with E-state index in [1.54, 1.807) is 11.9 Å². The van der Waals surface area contributed by atoms with Gasteiger partial charge in [0.25, 0.3) is 0 Å². The topological polar surface area (TPSA) is 61.4 Å². The Bertz CT molecular complexity index is 271. The number of rotatable bonds is 2. The van der Waals surface area contributed by atoms with E-state index in [9.17, 15) is 9.59 Å². The highest BCUT2D eigenvalue weighted by Crippen LogP contribution is 2.30. The van der Waals surface area contributed by atoms with E-state index in [2.05, 4.69) is 10.6 Å². The molecule has 2 saturated heterocycles. The molecular weight excluding hydrogens is 182 g/mol. The van der Waals surface area contributed by atoms with Crippen molar-refractivity contribution in [1.29, 1.82) is 0 Å². The Morgan fingerprint density at radius 1 is 1.71 bits per heavy atom. The van der Waals surface area contributed by atoms with Gasteiger partial charge in [-0.1, -0.05) is 0 Å². The third-order valence-corrected chi connectivity index (χ3v) is 3.01. The Morgan fingerprint density at radius 2 is 2.50 bits per heavy atom. The lowest BCUT2D eigenvalue weighted by atomic mass is 9.87. The minimum absolute atomic E-state index is 0.0820. The average molecular weight is 197 g/mol. The lowest BCUT2D eigenvalue weighted by Gasteiger charge is -2.46. The van der Waals surface area contributed by atoms with Gasteiger partial charge in [-0.15, -0.1) is 0 Å². The van der Waals surface area contributed by atoms with Gasteiger partial charge in [0, 0.05) is 13.6 Å². The standard InChI is InChI=1S/C9H15N3O2/c1-10-7(13)5-12-6-9(8(12)14)3-2-4-11-9/h11H,2-6H2,1H3,(H,10,13). The van der Waals surface area contributed by atoms with Crippen LogP contribution in [0.3, 0.4) is 0 Å². The maximum atomic E-state index is 11.7. The zero-order valence-electron chi connectivity index (χ0n) is 8.30. The molecule has 0 saturated carbocycles. The third-order valence-electron chi connectivity index (χ3n) is 3.01. The van der Waals surface area contributed by atoms with Crippen molar-refractivity contribution in [1.82, 2.24) is 15.5 Å². The van der Waals surface area contributed by atoms with Crippen molar-refractivity contribution in [3.8, 4) is 0 Å². The molecule has 2 heterocycles. The lowest BCUT2D eigenvalue weighted by Crippen LogP contribution is -2.72. The summed E-state index contributed by atoms with van der Waals surface area (Å²) in [4.78, 5) is 24.4. The van der Waals surface area contributed by atoms with E-state index in [0.717, 1.165) is 19.4 Å². The fourth-order valence-electron chi connectivity index (χ4n) is 2.18. The van der Waals surface area contributed by atoms with Gasteiger partial charge in [0.1, 0.15) is 5.54 Å². The summed E-state index contributed by atoms with van der Waals surface area (Å²) in [5, 5.41) is 5.73. The summed E-state index contributed by atoms with van der Waals surface area (Å²) in [7, 11) is 1.58. The molecule has 2 fully saturated rings. The first kappa shape index (κ1) is 9.45. The van der Waals surface area contributed by atoms with E-state index in [4.69, 9.17) is 0 Å². The van der Waals surface area contributed by atoms with Gasteiger partial charge in [-0.05, 0) is 19.4 Å². The molecule has 78 valence electrons. The zero-order valence-corrected chi connectivity index (χ0v) is 8.30. The molecule has 5 heteroatoms. The number of carbonyl (C=O) groups excluding carboxylic acids is 2. The van der Waals surface area contributed by atoms with Crippen LogP contribution < -0.4 is 10.6 Å². The average Bonchev–Trinajstić information content (AvgIpc) is 2.67. The first-order valence-electron chi connectivity index (χ1n) is 4.93. The number of hydrogen-bond donors (Lipinski definition) is 2. The molecule has 0 bridgehead atoms. The maximum Gasteiger partial charge on any atom is 0.245 e. The molecule has 5 nitrogen and oxygen atoms in total. The van der Waals surface area contributed by atoms with Crippen LogP contribution in [0.25, 0.3) is 0 Å². The minimum atomic E-state index is -0.311. The Labute approximate surface area is 82.8 Å². The molecule has 1 unspecified atom stereocenters. The van der Waals surface area contributed by atoms with Crippen molar-refractivity contribution in [2.24, 2.45) is 0 Å². The van der Waals surface area contributed by atoms with E-state index in [-0.39, 0.29) is 23.9 Å². The number of likely N-dealkylation sites (N-methyl/N-ethyl adjacent to an activating group) is 1. The van der Waals surface area contributed by atoms with Crippen LogP contribution in [-0.4, -0.2) is 48.9 Å². The van der Waals surface area contributed by atoms with E-state index in [1.807, 2.05) is 0 Å². The summed E-state index contributed by atoms with van der Waals surface area (Å²) < 4.78 is 0. The Balaban J connectivity index is 1.90. The second kappa shape index (κ2) is 3.24. The largest absolute Gasteiger partial charge is 0.358 e. The van der Waals surface area contributed by atoms with Crippen LogP contribution in [0.15, 0.2) is 0 Å². The molecule has 0 aliphatic carbocycles. The molecule has 2 aliphatic heterocycles. The Kier molecular flexibility index (Phi) is 2.19. The van der Waals surface area contributed by atoms with E-state index in [0.29, 0.717) is 6.54 Å². The van der Waals surface area contributed by atoms with Gasteiger partial charge >= 0.3 is 0 Å². The molecule has 1 spiro atoms. The van der Waals surface area contributed by atoms with Gasteiger partial charge in [0.2, 0.25) is 11.8 Å². The van der Waals surface area contributed by atoms with Crippen LogP contribution in [0.2, 0.25) is 0 Å². The molecule has 0 aromatic rings. The first-order valence-corrected chi connectivity index (χ1v) is 4.93. The van der Waals surface area contributed by atoms with Crippen LogP contribution >= 0.6 is 0 Å². The molecule has 0 aromatic carbocycles. The normalized spacial score (nSPS) is 30.6. The number of hydrogen-bond acceptors (Lipinski definition) is 3. The highest BCUT2D eigenvalue weighted by Gasteiger charge is 2.53. The van der Waals surface area contributed by atoms with Crippen LogP contribution in [0.1, 0.15) is 12.8 Å². The van der Waals surface area contributed by atoms with Gasteiger partial charge in [-0.2, -0.15) is 0 Å². The Morgan fingerprint density at radius 3 is 3.00 bits per heavy atom. The van der Waals surface area contributed by atoms with Gasteiger partial charge in [0.15, 0.2) is 0 Å². The minimum Gasteiger partial charge on any atom is -0.358 e. The fraction of sp³-hybridized carbons (Fsp3) is 0.778. The molecule has 14 heavy (non-hydrogen) atoms. The summed E-state index contributed by atoms with van der Waals surface area (Å²) in [6.45, 7) is 1.79. The molecule has 0 aromatic heterocycles. The summed E-state index contributed by atoms with van der Waals surface area (Å²) >= 11 is 0. The molecule has 2 amide bonds. The highest BCUT2D eigenvalue weighted by atomic mass is 16.2. The predicted octanol–water partition coefficient (Wildman–Crippen LogP) is -1.30. The molecule has 0 radical (unpaired) electrons. The molecule has 2 rings (SSSR count). The van der Waals surface area contributed by atoms with E-state index < -0.39 is 0 Å². The van der Waals surface area contributed by atoms with Crippen molar-refractivity contribution in [2.45, 2.75) is 18.4 Å². The van der Waals surface area contributed by atoms with E-state index >= 15 is 0 Å². The summed E-state index contributed by atoms with van der Waals surface area (Å²) in [6.07, 6.45) is 1.97. The van der Waals surface area contributed by atoms with Crippen molar-refractivity contribution in [2.75, 3.05) is 26.7 Å². The van der Waals surface area contributed by atoms with Crippen LogP contribution in [-0.2, 0) is 9.59 Å². The van der Waals surface area contributed by atoms with Gasteiger partial charge in [-0.25, -0.2) is 0 Å². The Hall–Kier alpha value is -1.10. The summed E-state index contributed by atoms with van der Waals surface area (Å²) in [5.74, 6) is -0.0233. The van der Waals surface area contributed by atoms with Gasteiger partial charge in [-0.3, -0.25) is 9.59 Å². The second-order valence-electron chi connectivity index (χ2n) is 3.95. The summed E-state index contributed by atoms with van der Waals surface area (Å²) in [6, 6.07) is 0. The van der Waals surface area contributed by atoms with Crippen LogP contribution in [0, 0.1) is 0 Å². The number of amides is 2. The first-order chi connectivity index (χ1) is 6.68. The number of likely N-dealkylation sites (tertiary alicyclic amines) is 1. The van der Waals surface area contributed by atoms with Gasteiger partial charge < -0.3 is 15.5 Å². The number of nitrogens with one attached hydrogen (secondary N) is 2. The quantitative estimate of drug-likeness (QED) is 0.541. The third kappa shape index (κ3) is 1.28. The van der Waals surface area contributed by atoms with E-state index in [1.165, 1.54) is 0 Å².